The summed E-state index contributed by atoms with van der Waals surface area (Å²) < 4.78 is 13.1. The molecule has 0 saturated heterocycles. The van der Waals surface area contributed by atoms with E-state index in [9.17, 15) is 4.21 Å². The molecule has 2 saturated carbocycles. The number of hydrogen-bond donors (Lipinski definition) is 1. The lowest BCUT2D eigenvalue weighted by Crippen LogP contribution is -2.55. The Morgan fingerprint density at radius 1 is 1.20 bits per heavy atom. The summed E-state index contributed by atoms with van der Waals surface area (Å²) in [5.41, 5.74) is 0.287. The summed E-state index contributed by atoms with van der Waals surface area (Å²) in [7, 11) is -0.654. The van der Waals surface area contributed by atoms with Crippen molar-refractivity contribution < 1.29 is 4.21 Å². The molecule has 1 N–H and O–H groups in total. The Hall–Kier alpha value is 0.110. The molecule has 2 rings (SSSR count). The van der Waals surface area contributed by atoms with Gasteiger partial charge in [0.1, 0.15) is 0 Å². The van der Waals surface area contributed by atoms with Crippen molar-refractivity contribution in [2.45, 2.75) is 89.2 Å². The lowest BCUT2D eigenvalue weighted by molar-refractivity contribution is 0.174. The van der Waals surface area contributed by atoms with E-state index in [1.807, 2.05) is 0 Å². The highest BCUT2D eigenvalue weighted by Crippen LogP contribution is 2.40. The molecule has 0 aromatic rings. The van der Waals surface area contributed by atoms with Crippen LogP contribution in [0, 0.1) is 11.3 Å². The quantitative estimate of drug-likeness (QED) is 0.854. The van der Waals surface area contributed by atoms with Gasteiger partial charge in [-0.25, -0.2) is 0 Å². The Morgan fingerprint density at radius 2 is 1.95 bits per heavy atom. The largest absolute Gasteiger partial charge is 0.313 e. The molecular formula is C17H33NOS. The van der Waals surface area contributed by atoms with Gasteiger partial charge in [-0.15, -0.1) is 0 Å². The maximum Gasteiger partial charge on any atom is 0.0509 e. The maximum absolute atomic E-state index is 13.1. The molecule has 3 heteroatoms. The zero-order chi connectivity index (χ0) is 14.8. The van der Waals surface area contributed by atoms with E-state index in [1.54, 1.807) is 0 Å². The van der Waals surface area contributed by atoms with Crippen LogP contribution in [0.1, 0.15) is 72.6 Å². The third-order valence-corrected chi connectivity index (χ3v) is 7.65. The van der Waals surface area contributed by atoms with Crippen molar-refractivity contribution in [1.82, 2.24) is 5.32 Å². The van der Waals surface area contributed by atoms with Gasteiger partial charge in [0.2, 0.25) is 0 Å². The zero-order valence-electron chi connectivity index (χ0n) is 13.8. The fourth-order valence-electron chi connectivity index (χ4n) is 4.30. The Labute approximate surface area is 127 Å². The van der Waals surface area contributed by atoms with Crippen LogP contribution < -0.4 is 5.32 Å². The summed E-state index contributed by atoms with van der Waals surface area (Å²) >= 11 is 0. The van der Waals surface area contributed by atoms with Gasteiger partial charge in [0.25, 0.3) is 0 Å². The Balaban J connectivity index is 2.09. The fraction of sp³-hybridized carbons (Fsp3) is 1.00. The van der Waals surface area contributed by atoms with Gasteiger partial charge in [0.15, 0.2) is 0 Å². The van der Waals surface area contributed by atoms with Crippen LogP contribution in [0.5, 0.6) is 0 Å². The topological polar surface area (TPSA) is 29.1 Å². The molecule has 0 bridgehead atoms. The third-order valence-electron chi connectivity index (χ3n) is 5.46. The SMILES string of the molecule is CCNC1C(S(=O)C2CCCC(C)C2)CCCC1(C)C. The average Bonchev–Trinajstić information content (AvgIpc) is 2.40. The molecule has 0 aliphatic heterocycles. The van der Waals surface area contributed by atoms with Crippen molar-refractivity contribution in [3.05, 3.63) is 0 Å². The van der Waals surface area contributed by atoms with Crippen LogP contribution in [0.2, 0.25) is 0 Å². The minimum atomic E-state index is -0.654. The summed E-state index contributed by atoms with van der Waals surface area (Å²) in [5.74, 6) is 0.770. The van der Waals surface area contributed by atoms with E-state index in [0.29, 0.717) is 16.5 Å². The summed E-state index contributed by atoms with van der Waals surface area (Å²) in [6.07, 6.45) is 8.64. The molecule has 0 spiro atoms. The van der Waals surface area contributed by atoms with Gasteiger partial charge in [-0.3, -0.25) is 4.21 Å². The highest BCUT2D eigenvalue weighted by Gasteiger charge is 2.43. The average molecular weight is 300 g/mol. The first-order valence-corrected chi connectivity index (χ1v) is 9.86. The van der Waals surface area contributed by atoms with Crippen LogP contribution in [0.25, 0.3) is 0 Å². The third kappa shape index (κ3) is 3.65. The van der Waals surface area contributed by atoms with E-state index < -0.39 is 10.8 Å². The fourth-order valence-corrected chi connectivity index (χ4v) is 6.84. The molecule has 2 fully saturated rings. The molecule has 0 aromatic carbocycles. The minimum absolute atomic E-state index is 0.287. The van der Waals surface area contributed by atoms with Crippen LogP contribution in [0.15, 0.2) is 0 Å². The number of hydrogen-bond acceptors (Lipinski definition) is 2. The van der Waals surface area contributed by atoms with E-state index in [2.05, 4.69) is 33.0 Å². The zero-order valence-corrected chi connectivity index (χ0v) is 14.6. The molecule has 5 atom stereocenters. The summed E-state index contributed by atoms with van der Waals surface area (Å²) in [4.78, 5) is 0. The van der Waals surface area contributed by atoms with Gasteiger partial charge in [0.05, 0.1) is 5.25 Å². The molecule has 0 aromatic heterocycles. The molecule has 118 valence electrons. The lowest BCUT2D eigenvalue weighted by Gasteiger charge is -2.45. The van der Waals surface area contributed by atoms with Gasteiger partial charge in [-0.05, 0) is 43.6 Å². The monoisotopic (exact) mass is 299 g/mol. The highest BCUT2D eigenvalue weighted by atomic mass is 32.2. The second-order valence-electron chi connectivity index (χ2n) is 7.68. The van der Waals surface area contributed by atoms with Crippen LogP contribution in [-0.4, -0.2) is 27.3 Å². The Morgan fingerprint density at radius 3 is 2.60 bits per heavy atom. The predicted molar refractivity (Wildman–Crippen MR) is 88.4 cm³/mol. The number of nitrogens with one attached hydrogen (secondary N) is 1. The van der Waals surface area contributed by atoms with Crippen molar-refractivity contribution in [2.75, 3.05) is 6.54 Å². The van der Waals surface area contributed by atoms with Crippen LogP contribution >= 0.6 is 0 Å². The van der Waals surface area contributed by atoms with Crippen LogP contribution in [0.4, 0.5) is 0 Å². The molecule has 0 amide bonds. The first-order chi connectivity index (χ1) is 9.45. The Bertz CT molecular complexity index is 342. The van der Waals surface area contributed by atoms with Crippen molar-refractivity contribution >= 4 is 10.8 Å². The molecule has 2 nitrogen and oxygen atoms in total. The lowest BCUT2D eigenvalue weighted by atomic mass is 9.73. The second-order valence-corrected chi connectivity index (χ2v) is 9.61. The summed E-state index contributed by atoms with van der Waals surface area (Å²) in [6.45, 7) is 10.2. The highest BCUT2D eigenvalue weighted by molar-refractivity contribution is 7.86. The minimum Gasteiger partial charge on any atom is -0.313 e. The molecule has 0 heterocycles. The normalized spacial score (nSPS) is 39.4. The van der Waals surface area contributed by atoms with E-state index in [1.165, 1.54) is 38.5 Å². The van der Waals surface area contributed by atoms with Crippen LogP contribution in [0.3, 0.4) is 0 Å². The first kappa shape index (κ1) is 16.5. The Kier molecular flexibility index (Phi) is 5.70. The first-order valence-electron chi connectivity index (χ1n) is 8.58. The van der Waals surface area contributed by atoms with Crippen molar-refractivity contribution in [1.29, 1.82) is 0 Å². The smallest absolute Gasteiger partial charge is 0.0509 e. The second kappa shape index (κ2) is 6.91. The maximum atomic E-state index is 13.1. The molecule has 20 heavy (non-hydrogen) atoms. The van der Waals surface area contributed by atoms with Crippen molar-refractivity contribution in [3.8, 4) is 0 Å². The summed E-state index contributed by atoms with van der Waals surface area (Å²) in [6, 6.07) is 0.430. The van der Waals surface area contributed by atoms with Gasteiger partial charge < -0.3 is 5.32 Å². The molecule has 2 aliphatic carbocycles. The van der Waals surface area contributed by atoms with E-state index in [0.717, 1.165) is 18.9 Å². The van der Waals surface area contributed by atoms with Crippen molar-refractivity contribution in [2.24, 2.45) is 11.3 Å². The predicted octanol–water partition coefficient (Wildman–Crippen LogP) is 3.87. The van der Waals surface area contributed by atoms with Gasteiger partial charge in [-0.1, -0.05) is 47.0 Å². The van der Waals surface area contributed by atoms with Gasteiger partial charge in [0, 0.05) is 22.1 Å². The number of rotatable bonds is 4. The van der Waals surface area contributed by atoms with Crippen LogP contribution in [-0.2, 0) is 10.8 Å². The molecule has 0 radical (unpaired) electrons. The standard InChI is InChI=1S/C17H33NOS/c1-5-18-16-15(10-7-11-17(16,3)4)20(19)14-9-6-8-13(2)12-14/h13-16,18H,5-12H2,1-4H3. The van der Waals surface area contributed by atoms with E-state index >= 15 is 0 Å². The molecule has 2 aliphatic rings. The molecular weight excluding hydrogens is 266 g/mol. The van der Waals surface area contributed by atoms with Gasteiger partial charge >= 0.3 is 0 Å². The summed E-state index contributed by atoms with van der Waals surface area (Å²) in [5, 5.41) is 4.49. The van der Waals surface area contributed by atoms with Gasteiger partial charge in [-0.2, -0.15) is 0 Å². The van der Waals surface area contributed by atoms with E-state index in [4.69, 9.17) is 0 Å². The van der Waals surface area contributed by atoms with Crippen molar-refractivity contribution in [3.63, 3.8) is 0 Å². The molecule has 5 unspecified atom stereocenters. The van der Waals surface area contributed by atoms with E-state index in [-0.39, 0.29) is 5.41 Å².